The summed E-state index contributed by atoms with van der Waals surface area (Å²) in [6, 6.07) is 12.0. The molecular formula is C19H18FN7OS. The van der Waals surface area contributed by atoms with Crippen LogP contribution in [0, 0.1) is 0 Å². The molecule has 0 aliphatic rings. The van der Waals surface area contributed by atoms with Crippen LogP contribution in [0.2, 0.25) is 0 Å². The molecule has 0 saturated heterocycles. The highest BCUT2D eigenvalue weighted by molar-refractivity contribution is 7.15. The number of hydrogen-bond donors (Lipinski definition) is 2. The Kier molecular flexibility index (Phi) is 5.45. The summed E-state index contributed by atoms with van der Waals surface area (Å²) in [6.07, 6.45) is 3.42. The number of aromatic nitrogens is 6. The third-order valence-corrected chi connectivity index (χ3v) is 5.51. The van der Waals surface area contributed by atoms with Gasteiger partial charge in [-0.15, -0.1) is 21.5 Å². The molecule has 4 rings (SSSR count). The normalized spacial score (nSPS) is 11.9. The second-order valence-electron chi connectivity index (χ2n) is 6.35. The molecule has 148 valence electrons. The van der Waals surface area contributed by atoms with Crippen LogP contribution in [0.1, 0.15) is 4.88 Å². The summed E-state index contributed by atoms with van der Waals surface area (Å²) in [6.45, 7) is 0.475. The van der Waals surface area contributed by atoms with Crippen LogP contribution >= 0.6 is 11.3 Å². The number of aromatic amines is 1. The number of nitrogens with one attached hydrogen (secondary N) is 1. The van der Waals surface area contributed by atoms with Crippen LogP contribution in [-0.2, 0) is 13.1 Å². The highest BCUT2D eigenvalue weighted by Crippen LogP contribution is 2.30. The monoisotopic (exact) mass is 411 g/mol. The molecule has 0 fully saturated rings. The number of H-pyrrole nitrogens is 1. The predicted molar refractivity (Wildman–Crippen MR) is 109 cm³/mol. The number of rotatable bonds is 7. The van der Waals surface area contributed by atoms with Gasteiger partial charge in [-0.05, 0) is 29.3 Å². The van der Waals surface area contributed by atoms with Crippen molar-refractivity contribution in [3.05, 3.63) is 76.3 Å². The highest BCUT2D eigenvalue weighted by Gasteiger charge is 2.10. The van der Waals surface area contributed by atoms with Crippen molar-refractivity contribution < 1.29 is 4.39 Å². The molecule has 0 bridgehead atoms. The first-order chi connectivity index (χ1) is 14.2. The van der Waals surface area contributed by atoms with Crippen LogP contribution in [0.4, 0.5) is 4.39 Å². The molecule has 3 heterocycles. The van der Waals surface area contributed by atoms with Gasteiger partial charge in [-0.1, -0.05) is 18.2 Å². The molecule has 0 aliphatic carbocycles. The van der Waals surface area contributed by atoms with Gasteiger partial charge in [-0.2, -0.15) is 5.10 Å². The van der Waals surface area contributed by atoms with E-state index in [4.69, 9.17) is 5.73 Å². The Labute approximate surface area is 169 Å². The van der Waals surface area contributed by atoms with Gasteiger partial charge in [0.25, 0.3) is 0 Å². The molecule has 0 atom stereocenters. The fraction of sp³-hybridized carbons (Fsp3) is 0.158. The molecule has 8 nitrogen and oxygen atoms in total. The van der Waals surface area contributed by atoms with Crippen LogP contribution in [-0.4, -0.2) is 36.1 Å². The number of thiophene rings is 1. The number of hydrogen-bond acceptors (Lipinski definition) is 6. The van der Waals surface area contributed by atoms with Gasteiger partial charge in [0.1, 0.15) is 12.7 Å². The predicted octanol–water partition coefficient (Wildman–Crippen LogP) is 2.42. The summed E-state index contributed by atoms with van der Waals surface area (Å²) >= 11 is 1.59. The lowest BCUT2D eigenvalue weighted by atomic mass is 10.1. The molecule has 0 amide bonds. The molecule has 0 spiro atoms. The Hall–Kier alpha value is -3.37. The van der Waals surface area contributed by atoms with E-state index in [1.165, 1.54) is 15.6 Å². The van der Waals surface area contributed by atoms with Gasteiger partial charge < -0.3 is 10.7 Å². The van der Waals surface area contributed by atoms with Gasteiger partial charge in [0, 0.05) is 21.9 Å². The van der Waals surface area contributed by atoms with E-state index in [9.17, 15) is 9.18 Å². The third kappa shape index (κ3) is 4.08. The molecule has 0 unspecified atom stereocenters. The second kappa shape index (κ2) is 8.33. The molecule has 3 N–H and O–H groups in total. The topological polar surface area (TPSA) is 107 Å². The molecular weight excluding hydrogens is 393 g/mol. The second-order valence-corrected chi connectivity index (χ2v) is 7.52. The first kappa shape index (κ1) is 19.0. The van der Waals surface area contributed by atoms with Gasteiger partial charge in [0.2, 0.25) is 0 Å². The standard InChI is InChI=1S/C19H18FN7OS/c20-7-13(8-21)9-27-19(28)26(12-24-27)10-16-4-5-17(29-16)14-2-1-3-15(6-14)18-22-11-23-25-18/h1-7,11-12H,8-10,21H2,(H,22,23,25)/b13-7-. The van der Waals surface area contributed by atoms with Gasteiger partial charge in [-0.3, -0.25) is 4.57 Å². The molecule has 0 aliphatic heterocycles. The lowest BCUT2D eigenvalue weighted by molar-refractivity contribution is 0.604. The fourth-order valence-electron chi connectivity index (χ4n) is 2.88. The van der Waals surface area contributed by atoms with E-state index in [0.717, 1.165) is 20.9 Å². The minimum atomic E-state index is -0.305. The van der Waals surface area contributed by atoms with E-state index in [2.05, 4.69) is 20.3 Å². The first-order valence-corrected chi connectivity index (χ1v) is 9.65. The minimum absolute atomic E-state index is 0.0389. The van der Waals surface area contributed by atoms with Gasteiger partial charge in [0.15, 0.2) is 5.82 Å². The van der Waals surface area contributed by atoms with E-state index < -0.39 is 0 Å². The maximum absolute atomic E-state index is 12.7. The van der Waals surface area contributed by atoms with E-state index in [-0.39, 0.29) is 18.8 Å². The molecule has 29 heavy (non-hydrogen) atoms. The Morgan fingerprint density at radius 3 is 2.90 bits per heavy atom. The van der Waals surface area contributed by atoms with E-state index in [1.54, 1.807) is 17.7 Å². The van der Waals surface area contributed by atoms with Crippen molar-refractivity contribution in [2.24, 2.45) is 5.73 Å². The Morgan fingerprint density at radius 1 is 1.28 bits per heavy atom. The zero-order chi connectivity index (χ0) is 20.2. The summed E-state index contributed by atoms with van der Waals surface area (Å²) in [5.41, 5.74) is 7.45. The van der Waals surface area contributed by atoms with Crippen molar-refractivity contribution in [2.75, 3.05) is 6.54 Å². The summed E-state index contributed by atoms with van der Waals surface area (Å²) in [4.78, 5) is 17.5. The average molecular weight is 411 g/mol. The molecule has 1 aromatic carbocycles. The van der Waals surface area contributed by atoms with Crippen LogP contribution in [0.5, 0.6) is 0 Å². The highest BCUT2D eigenvalue weighted by atomic mass is 32.1. The third-order valence-electron chi connectivity index (χ3n) is 4.39. The van der Waals surface area contributed by atoms with Crippen molar-refractivity contribution in [1.82, 2.24) is 29.5 Å². The largest absolute Gasteiger partial charge is 0.346 e. The molecule has 0 saturated carbocycles. The maximum atomic E-state index is 12.7. The lowest BCUT2D eigenvalue weighted by Gasteiger charge is -2.02. The van der Waals surface area contributed by atoms with Crippen molar-refractivity contribution >= 4 is 11.3 Å². The van der Waals surface area contributed by atoms with Crippen LogP contribution in [0.15, 0.2) is 65.8 Å². The van der Waals surface area contributed by atoms with Crippen molar-refractivity contribution in [3.8, 4) is 21.8 Å². The average Bonchev–Trinajstić information content (AvgIpc) is 3.50. The van der Waals surface area contributed by atoms with Crippen LogP contribution in [0.25, 0.3) is 21.8 Å². The number of benzene rings is 1. The van der Waals surface area contributed by atoms with Crippen molar-refractivity contribution in [2.45, 2.75) is 13.1 Å². The summed E-state index contributed by atoms with van der Waals surface area (Å²) in [5.74, 6) is 0.710. The van der Waals surface area contributed by atoms with E-state index in [1.807, 2.05) is 36.4 Å². The smallest absolute Gasteiger partial charge is 0.328 e. The zero-order valence-corrected chi connectivity index (χ0v) is 16.1. The minimum Gasteiger partial charge on any atom is -0.328 e. The summed E-state index contributed by atoms with van der Waals surface area (Å²) in [7, 11) is 0. The Bertz CT molecular complexity index is 1190. The van der Waals surface area contributed by atoms with E-state index >= 15 is 0 Å². The van der Waals surface area contributed by atoms with Gasteiger partial charge in [0.05, 0.1) is 19.4 Å². The molecule has 10 heteroatoms. The molecule has 4 aromatic rings. The van der Waals surface area contributed by atoms with Crippen molar-refractivity contribution in [3.63, 3.8) is 0 Å². The van der Waals surface area contributed by atoms with Crippen molar-refractivity contribution in [1.29, 1.82) is 0 Å². The summed E-state index contributed by atoms with van der Waals surface area (Å²) < 4.78 is 15.4. The summed E-state index contributed by atoms with van der Waals surface area (Å²) in [5, 5.41) is 11.9. The van der Waals surface area contributed by atoms with Crippen LogP contribution < -0.4 is 11.4 Å². The van der Waals surface area contributed by atoms with E-state index in [0.29, 0.717) is 24.3 Å². The van der Waals surface area contributed by atoms with Crippen LogP contribution in [0.3, 0.4) is 0 Å². The SMILES string of the molecule is NC/C(=C/F)Cn1ncn(Cc2ccc(-c3cccc(-c4nnc[nH]4)c3)s2)c1=O. The number of halogens is 1. The molecule has 3 aromatic heterocycles. The number of nitrogens with two attached hydrogens (primary N) is 1. The number of nitrogens with zero attached hydrogens (tertiary/aromatic N) is 5. The fourth-order valence-corrected chi connectivity index (χ4v) is 3.88. The lowest BCUT2D eigenvalue weighted by Crippen LogP contribution is -2.26. The molecule has 0 radical (unpaired) electrons. The van der Waals surface area contributed by atoms with Gasteiger partial charge >= 0.3 is 5.69 Å². The quantitative estimate of drug-likeness (QED) is 0.486. The Morgan fingerprint density at radius 2 is 2.14 bits per heavy atom. The maximum Gasteiger partial charge on any atom is 0.346 e. The van der Waals surface area contributed by atoms with Gasteiger partial charge in [-0.25, -0.2) is 13.9 Å². The first-order valence-electron chi connectivity index (χ1n) is 8.84. The Balaban J connectivity index is 1.53. The zero-order valence-electron chi connectivity index (χ0n) is 15.3.